The van der Waals surface area contributed by atoms with E-state index in [1.165, 1.54) is 109 Å². The number of aromatic nitrogens is 2. The van der Waals surface area contributed by atoms with Crippen molar-refractivity contribution in [3.8, 4) is 39.2 Å². The van der Waals surface area contributed by atoms with Gasteiger partial charge >= 0.3 is 0 Å². The first-order valence-corrected chi connectivity index (χ1v) is 19.7. The third kappa shape index (κ3) is 4.46. The van der Waals surface area contributed by atoms with E-state index in [9.17, 15) is 0 Å². The Hall–Kier alpha value is -6.42. The highest BCUT2D eigenvalue weighted by molar-refractivity contribution is 7.25. The minimum Gasteiger partial charge on any atom is -0.339 e. The Morgan fingerprint density at radius 1 is 0.537 bits per heavy atom. The van der Waals surface area contributed by atoms with Gasteiger partial charge in [0, 0.05) is 78.4 Å². The number of thiophene rings is 1. The molecule has 2 aliphatic carbocycles. The average molecular weight is 707 g/mol. The average Bonchev–Trinajstić information content (AvgIpc) is 4.05. The van der Waals surface area contributed by atoms with Gasteiger partial charge in [0.2, 0.25) is 0 Å². The van der Waals surface area contributed by atoms with Crippen molar-refractivity contribution in [3.05, 3.63) is 192 Å². The number of hydrogen-bond acceptors (Lipinski definition) is 1. The Morgan fingerprint density at radius 2 is 1.22 bits per heavy atom. The SMILES string of the molecule is C1=Cc2c(n(Cc3ccc(-c4ccc5c(c4)c4c(n5-c5ccccc5)-c5ccccc5C4)cc3)c3ccc(-c4ccc5sc6ccccc6c5c4)cc23)C1. The van der Waals surface area contributed by atoms with Gasteiger partial charge in [0.25, 0.3) is 0 Å². The normalized spacial score (nSPS) is 13.0. The summed E-state index contributed by atoms with van der Waals surface area (Å²) in [5.41, 5.74) is 18.5. The van der Waals surface area contributed by atoms with E-state index in [4.69, 9.17) is 0 Å². The third-order valence-corrected chi connectivity index (χ3v) is 13.0. The highest BCUT2D eigenvalue weighted by Crippen LogP contribution is 2.45. The van der Waals surface area contributed by atoms with E-state index < -0.39 is 0 Å². The van der Waals surface area contributed by atoms with Gasteiger partial charge in [0.15, 0.2) is 0 Å². The van der Waals surface area contributed by atoms with Crippen LogP contribution in [0.4, 0.5) is 0 Å². The molecule has 0 spiro atoms. The number of nitrogens with zero attached hydrogens (tertiary/aromatic N) is 2. The fourth-order valence-electron chi connectivity index (χ4n) is 9.32. The van der Waals surface area contributed by atoms with Crippen LogP contribution in [0.1, 0.15) is 27.9 Å². The van der Waals surface area contributed by atoms with E-state index >= 15 is 0 Å². The van der Waals surface area contributed by atoms with Crippen LogP contribution in [0.15, 0.2) is 164 Å². The van der Waals surface area contributed by atoms with Crippen LogP contribution < -0.4 is 0 Å². The summed E-state index contributed by atoms with van der Waals surface area (Å²) in [6.45, 7) is 0.852. The molecule has 0 radical (unpaired) electrons. The summed E-state index contributed by atoms with van der Waals surface area (Å²) >= 11 is 1.88. The molecule has 54 heavy (non-hydrogen) atoms. The zero-order valence-corrected chi connectivity index (χ0v) is 30.4. The molecule has 0 fully saturated rings. The first-order valence-electron chi connectivity index (χ1n) is 18.9. The predicted octanol–water partition coefficient (Wildman–Crippen LogP) is 13.5. The second-order valence-electron chi connectivity index (χ2n) is 14.9. The van der Waals surface area contributed by atoms with Crippen molar-refractivity contribution in [1.29, 1.82) is 0 Å². The van der Waals surface area contributed by atoms with E-state index in [2.05, 4.69) is 179 Å². The van der Waals surface area contributed by atoms with Gasteiger partial charge < -0.3 is 9.13 Å². The lowest BCUT2D eigenvalue weighted by molar-refractivity contribution is 0.792. The number of benzene rings is 7. The molecule has 0 N–H and O–H groups in total. The summed E-state index contributed by atoms with van der Waals surface area (Å²) in [6.07, 6.45) is 6.58. The van der Waals surface area contributed by atoms with Crippen LogP contribution in [-0.2, 0) is 19.4 Å². The van der Waals surface area contributed by atoms with Crippen molar-refractivity contribution >= 4 is 59.4 Å². The second kappa shape index (κ2) is 11.5. The molecule has 0 saturated carbocycles. The second-order valence-corrected chi connectivity index (χ2v) is 15.9. The molecule has 3 aromatic heterocycles. The molecular weight excluding hydrogens is 673 g/mol. The summed E-state index contributed by atoms with van der Waals surface area (Å²) in [4.78, 5) is 0. The van der Waals surface area contributed by atoms with Crippen molar-refractivity contribution in [3.63, 3.8) is 0 Å². The van der Waals surface area contributed by atoms with E-state index in [0.717, 1.165) is 19.4 Å². The molecule has 7 aromatic carbocycles. The van der Waals surface area contributed by atoms with Gasteiger partial charge in [-0.2, -0.15) is 0 Å². The Morgan fingerprint density at radius 3 is 2.11 bits per heavy atom. The predicted molar refractivity (Wildman–Crippen MR) is 229 cm³/mol. The molecule has 0 bridgehead atoms. The molecule has 3 heteroatoms. The molecule has 2 nitrogen and oxygen atoms in total. The molecule has 12 rings (SSSR count). The van der Waals surface area contributed by atoms with Crippen LogP contribution in [0.3, 0.4) is 0 Å². The highest BCUT2D eigenvalue weighted by Gasteiger charge is 2.27. The summed E-state index contributed by atoms with van der Waals surface area (Å²) in [5, 5.41) is 5.38. The van der Waals surface area contributed by atoms with Gasteiger partial charge in [0.1, 0.15) is 0 Å². The molecule has 0 saturated heterocycles. The van der Waals surface area contributed by atoms with Gasteiger partial charge in [-0.25, -0.2) is 0 Å². The largest absolute Gasteiger partial charge is 0.339 e. The fraction of sp³-hybridized carbons (Fsp3) is 0.0588. The van der Waals surface area contributed by atoms with Crippen LogP contribution in [0, 0.1) is 0 Å². The fourth-order valence-corrected chi connectivity index (χ4v) is 10.4. The van der Waals surface area contributed by atoms with Crippen molar-refractivity contribution in [2.24, 2.45) is 0 Å². The monoisotopic (exact) mass is 706 g/mol. The summed E-state index contributed by atoms with van der Waals surface area (Å²) < 4.78 is 7.70. The number of rotatable bonds is 5. The van der Waals surface area contributed by atoms with Gasteiger partial charge in [-0.05, 0) is 93.5 Å². The lowest BCUT2D eigenvalue weighted by Gasteiger charge is -2.12. The van der Waals surface area contributed by atoms with E-state index in [-0.39, 0.29) is 0 Å². The zero-order chi connectivity index (χ0) is 35.3. The van der Waals surface area contributed by atoms with Gasteiger partial charge in [-0.1, -0.05) is 115 Å². The number of hydrogen-bond donors (Lipinski definition) is 0. The number of para-hydroxylation sites is 1. The summed E-state index contributed by atoms with van der Waals surface area (Å²) in [5.74, 6) is 0. The smallest absolute Gasteiger partial charge is 0.0579 e. The Bertz CT molecular complexity index is 3170. The standard InChI is InChI=1S/C51H34N2S/c1-2-10-38(11-3-1)53-48-25-22-34(27-43(48)45-30-37-9-4-5-12-39(37)51(45)53)33-19-17-32(18-20-33)31-52-46-15-8-14-40(46)42-28-35(21-24-47(42)52)36-23-26-50-44(29-36)41-13-6-7-16-49(41)54-50/h1-14,16-29H,15,30-31H2. The Labute approximate surface area is 317 Å². The lowest BCUT2D eigenvalue weighted by atomic mass is 10.00. The molecule has 0 unspecified atom stereocenters. The lowest BCUT2D eigenvalue weighted by Crippen LogP contribution is -2.03. The topological polar surface area (TPSA) is 9.86 Å². The van der Waals surface area contributed by atoms with Crippen molar-refractivity contribution in [1.82, 2.24) is 9.13 Å². The molecule has 254 valence electrons. The van der Waals surface area contributed by atoms with Crippen LogP contribution in [0.25, 0.3) is 87.3 Å². The van der Waals surface area contributed by atoms with Gasteiger partial charge in [-0.15, -0.1) is 11.3 Å². The number of allylic oxidation sites excluding steroid dienone is 1. The third-order valence-electron chi connectivity index (χ3n) is 11.9. The van der Waals surface area contributed by atoms with E-state index in [0.29, 0.717) is 0 Å². The molecule has 2 aliphatic rings. The van der Waals surface area contributed by atoms with Gasteiger partial charge in [0.05, 0.1) is 11.2 Å². The summed E-state index contributed by atoms with van der Waals surface area (Å²) in [7, 11) is 0. The van der Waals surface area contributed by atoms with Crippen molar-refractivity contribution in [2.75, 3.05) is 0 Å². The maximum absolute atomic E-state index is 2.54. The molecule has 10 aromatic rings. The molecule has 0 amide bonds. The minimum atomic E-state index is 0.852. The highest BCUT2D eigenvalue weighted by atomic mass is 32.1. The number of fused-ring (bicyclic) bond motifs is 11. The van der Waals surface area contributed by atoms with Crippen LogP contribution >= 0.6 is 11.3 Å². The van der Waals surface area contributed by atoms with Crippen molar-refractivity contribution in [2.45, 2.75) is 19.4 Å². The van der Waals surface area contributed by atoms with Crippen LogP contribution in [-0.4, -0.2) is 9.13 Å². The first-order chi connectivity index (χ1) is 26.7. The van der Waals surface area contributed by atoms with E-state index in [1.807, 2.05) is 11.3 Å². The Balaban J connectivity index is 0.887. The van der Waals surface area contributed by atoms with Crippen LogP contribution in [0.2, 0.25) is 0 Å². The molecule has 0 atom stereocenters. The summed E-state index contributed by atoms with van der Waals surface area (Å²) in [6, 6.07) is 58.8. The maximum Gasteiger partial charge on any atom is 0.0579 e. The zero-order valence-electron chi connectivity index (χ0n) is 29.6. The minimum absolute atomic E-state index is 0.852. The maximum atomic E-state index is 2.54. The Kier molecular flexibility index (Phi) is 6.43. The molecular formula is C51H34N2S. The molecule has 0 aliphatic heterocycles. The van der Waals surface area contributed by atoms with Crippen molar-refractivity contribution < 1.29 is 0 Å². The van der Waals surface area contributed by atoms with E-state index in [1.54, 1.807) is 0 Å². The molecule has 3 heterocycles. The quantitative estimate of drug-likeness (QED) is 0.169. The van der Waals surface area contributed by atoms with Gasteiger partial charge in [-0.3, -0.25) is 0 Å². The first kappa shape index (κ1) is 30.1. The van der Waals surface area contributed by atoms with Crippen LogP contribution in [0.5, 0.6) is 0 Å².